The van der Waals surface area contributed by atoms with Crippen molar-refractivity contribution in [3.8, 4) is 6.07 Å². The van der Waals surface area contributed by atoms with Crippen molar-refractivity contribution in [2.24, 2.45) is 16.7 Å². The maximum atomic E-state index is 12.6. The molecule has 3 atom stereocenters. The number of Topliss-reactive ketones (excluding diaryl/α,β-unsaturated/α-hetero) is 1. The van der Waals surface area contributed by atoms with E-state index < -0.39 is 5.41 Å². The first-order valence-corrected chi connectivity index (χ1v) is 8.81. The Hall–Kier alpha value is -2.41. The fourth-order valence-electron chi connectivity index (χ4n) is 4.78. The van der Waals surface area contributed by atoms with E-state index in [1.54, 1.807) is 12.1 Å². The Balaban J connectivity index is 1.82. The van der Waals surface area contributed by atoms with Crippen LogP contribution in [0.5, 0.6) is 0 Å². The van der Waals surface area contributed by atoms with Crippen LogP contribution in [0.1, 0.15) is 50.4 Å². The van der Waals surface area contributed by atoms with Gasteiger partial charge in [0.05, 0.1) is 5.57 Å². The molecule has 0 aliphatic heterocycles. The fraction of sp³-hybridized carbons (Fsp3) is 0.476. The third kappa shape index (κ3) is 3.00. The maximum Gasteiger partial charge on any atom is 0.251 e. The Morgan fingerprint density at radius 2 is 1.88 bits per heavy atom. The molecule has 1 N–H and O–H groups in total. The zero-order valence-electron chi connectivity index (χ0n) is 15.0. The predicted octanol–water partition coefficient (Wildman–Crippen LogP) is 3.65. The number of hydrogen-bond acceptors (Lipinski definition) is 3. The van der Waals surface area contributed by atoms with Gasteiger partial charge in [-0.1, -0.05) is 45.0 Å². The van der Waals surface area contributed by atoms with Gasteiger partial charge < -0.3 is 5.32 Å². The van der Waals surface area contributed by atoms with E-state index in [0.717, 1.165) is 19.3 Å². The van der Waals surface area contributed by atoms with Crippen LogP contribution in [0.4, 0.5) is 0 Å². The summed E-state index contributed by atoms with van der Waals surface area (Å²) in [7, 11) is 0. The van der Waals surface area contributed by atoms with Crippen molar-refractivity contribution in [3.05, 3.63) is 47.5 Å². The number of allylic oxidation sites excluding steroid dienone is 2. The van der Waals surface area contributed by atoms with Gasteiger partial charge in [-0.15, -0.1) is 0 Å². The lowest BCUT2D eigenvalue weighted by Gasteiger charge is -2.52. The minimum absolute atomic E-state index is 0.0501. The minimum Gasteiger partial charge on any atom is -0.349 e. The summed E-state index contributed by atoms with van der Waals surface area (Å²) < 4.78 is 0. The van der Waals surface area contributed by atoms with Crippen molar-refractivity contribution in [2.75, 3.05) is 0 Å². The molecule has 3 rings (SSSR count). The fourth-order valence-corrected chi connectivity index (χ4v) is 4.78. The smallest absolute Gasteiger partial charge is 0.251 e. The molecule has 1 fully saturated rings. The second-order valence-corrected chi connectivity index (χ2v) is 8.10. The van der Waals surface area contributed by atoms with Crippen LogP contribution in [0.25, 0.3) is 0 Å². The average molecular weight is 336 g/mol. The molecule has 2 aliphatic rings. The van der Waals surface area contributed by atoms with E-state index in [1.807, 2.05) is 38.1 Å². The van der Waals surface area contributed by atoms with Crippen LogP contribution in [-0.4, -0.2) is 17.7 Å². The van der Waals surface area contributed by atoms with Crippen molar-refractivity contribution in [1.82, 2.24) is 5.32 Å². The molecule has 0 spiro atoms. The van der Waals surface area contributed by atoms with Gasteiger partial charge in [0.25, 0.3) is 5.91 Å². The van der Waals surface area contributed by atoms with Gasteiger partial charge in [0.2, 0.25) is 0 Å². The van der Waals surface area contributed by atoms with Gasteiger partial charge in [0, 0.05) is 17.0 Å². The van der Waals surface area contributed by atoms with E-state index in [4.69, 9.17) is 0 Å². The standard InChI is InChI=1S/C21H24N2O2/c1-20(2)17-10-9-16(23-19(25)14-7-5-4-6-8-14)12-21(17,3)11-15(13-22)18(20)24/h4-8,11,16-17H,9-10,12H2,1-3H3,(H,23,25)/t16-,17-,21+/m0/s1. The lowest BCUT2D eigenvalue weighted by molar-refractivity contribution is -0.131. The second-order valence-electron chi connectivity index (χ2n) is 8.10. The van der Waals surface area contributed by atoms with Gasteiger partial charge in [-0.05, 0) is 42.7 Å². The normalized spacial score (nSPS) is 30.6. The molecule has 25 heavy (non-hydrogen) atoms. The monoisotopic (exact) mass is 336 g/mol. The van der Waals surface area contributed by atoms with Crippen molar-refractivity contribution in [2.45, 2.75) is 46.1 Å². The first-order valence-electron chi connectivity index (χ1n) is 8.81. The van der Waals surface area contributed by atoms with E-state index in [2.05, 4.69) is 18.3 Å². The summed E-state index contributed by atoms with van der Waals surface area (Å²) in [4.78, 5) is 25.0. The third-order valence-electron chi connectivity index (χ3n) is 5.95. The molecular weight excluding hydrogens is 312 g/mol. The molecule has 0 bridgehead atoms. The van der Waals surface area contributed by atoms with E-state index in [0.29, 0.717) is 5.56 Å². The van der Waals surface area contributed by atoms with Crippen LogP contribution >= 0.6 is 0 Å². The number of ketones is 1. The van der Waals surface area contributed by atoms with E-state index in [1.165, 1.54) is 0 Å². The van der Waals surface area contributed by atoms with Crippen LogP contribution < -0.4 is 5.32 Å². The Kier molecular flexibility index (Phi) is 4.28. The molecule has 0 saturated heterocycles. The lowest BCUT2D eigenvalue weighted by atomic mass is 9.52. The van der Waals surface area contributed by atoms with Gasteiger partial charge in [0.15, 0.2) is 5.78 Å². The Morgan fingerprint density at radius 3 is 2.52 bits per heavy atom. The number of carbonyl (C=O) groups excluding carboxylic acids is 2. The molecule has 130 valence electrons. The maximum absolute atomic E-state index is 12.6. The molecule has 0 unspecified atom stereocenters. The highest BCUT2D eigenvalue weighted by atomic mass is 16.1. The van der Waals surface area contributed by atoms with Crippen LogP contribution in [0.3, 0.4) is 0 Å². The number of carbonyl (C=O) groups is 2. The summed E-state index contributed by atoms with van der Waals surface area (Å²) in [6.07, 6.45) is 4.32. The Morgan fingerprint density at radius 1 is 1.20 bits per heavy atom. The number of nitriles is 1. The highest BCUT2D eigenvalue weighted by Crippen LogP contribution is 2.55. The molecule has 4 heteroatoms. The summed E-state index contributed by atoms with van der Waals surface area (Å²) in [5.41, 5.74) is 0.124. The van der Waals surface area contributed by atoms with E-state index in [9.17, 15) is 14.9 Å². The predicted molar refractivity (Wildman–Crippen MR) is 95.6 cm³/mol. The van der Waals surface area contributed by atoms with Gasteiger partial charge in [-0.2, -0.15) is 5.26 Å². The third-order valence-corrected chi connectivity index (χ3v) is 5.95. The van der Waals surface area contributed by atoms with Crippen molar-refractivity contribution in [1.29, 1.82) is 5.26 Å². The lowest BCUT2D eigenvalue weighted by Crippen LogP contribution is -2.53. The van der Waals surface area contributed by atoms with Crippen LogP contribution in [0, 0.1) is 28.1 Å². The number of hydrogen-bond donors (Lipinski definition) is 1. The number of benzene rings is 1. The number of rotatable bonds is 2. The van der Waals surface area contributed by atoms with Crippen molar-refractivity contribution in [3.63, 3.8) is 0 Å². The topological polar surface area (TPSA) is 70.0 Å². The van der Waals surface area contributed by atoms with Gasteiger partial charge >= 0.3 is 0 Å². The molecule has 1 aromatic rings. The summed E-state index contributed by atoms with van der Waals surface area (Å²) in [5, 5.41) is 12.5. The summed E-state index contributed by atoms with van der Waals surface area (Å²) >= 11 is 0. The number of amides is 1. The summed E-state index contributed by atoms with van der Waals surface area (Å²) in [6, 6.07) is 11.3. The molecule has 2 aliphatic carbocycles. The molecule has 1 saturated carbocycles. The SMILES string of the molecule is CC1(C)C(=O)C(C#N)=C[C@]2(C)C[C@@H](NC(=O)c3ccccc3)CC[C@@H]12. The average Bonchev–Trinajstić information content (AvgIpc) is 2.58. The summed E-state index contributed by atoms with van der Waals surface area (Å²) in [5.74, 6) is 0.0713. The van der Waals surface area contributed by atoms with Gasteiger partial charge in [-0.3, -0.25) is 9.59 Å². The Bertz CT molecular complexity index is 773. The van der Waals surface area contributed by atoms with Crippen LogP contribution in [0.2, 0.25) is 0 Å². The Labute approximate surface area is 148 Å². The molecule has 0 aromatic heterocycles. The zero-order chi connectivity index (χ0) is 18.2. The number of fused-ring (bicyclic) bond motifs is 1. The highest BCUT2D eigenvalue weighted by Gasteiger charge is 2.53. The number of nitrogens with zero attached hydrogens (tertiary/aromatic N) is 1. The molecular formula is C21H24N2O2. The second kappa shape index (κ2) is 6.15. The van der Waals surface area contributed by atoms with Gasteiger partial charge in [-0.25, -0.2) is 0 Å². The first kappa shape index (κ1) is 17.4. The quantitative estimate of drug-likeness (QED) is 0.896. The van der Waals surface area contributed by atoms with Crippen molar-refractivity contribution < 1.29 is 9.59 Å². The van der Waals surface area contributed by atoms with E-state index >= 15 is 0 Å². The molecule has 4 nitrogen and oxygen atoms in total. The summed E-state index contributed by atoms with van der Waals surface area (Å²) in [6.45, 7) is 6.01. The molecule has 1 amide bonds. The first-order chi connectivity index (χ1) is 11.8. The molecule has 0 heterocycles. The highest BCUT2D eigenvalue weighted by molar-refractivity contribution is 6.04. The van der Waals surface area contributed by atoms with Crippen LogP contribution in [-0.2, 0) is 4.79 Å². The minimum atomic E-state index is -0.539. The van der Waals surface area contributed by atoms with Crippen molar-refractivity contribution >= 4 is 11.7 Å². The van der Waals surface area contributed by atoms with Gasteiger partial charge in [0.1, 0.15) is 6.07 Å². The number of nitrogens with one attached hydrogen (secondary N) is 1. The largest absolute Gasteiger partial charge is 0.349 e. The molecule has 0 radical (unpaired) electrons. The van der Waals surface area contributed by atoms with Crippen LogP contribution in [0.15, 0.2) is 42.0 Å². The zero-order valence-corrected chi connectivity index (χ0v) is 15.0. The van der Waals surface area contributed by atoms with E-state index in [-0.39, 0.29) is 34.6 Å². The molecule has 1 aromatic carbocycles.